The summed E-state index contributed by atoms with van der Waals surface area (Å²) in [5.74, 6) is 0.140. The molecule has 28 heavy (non-hydrogen) atoms. The maximum Gasteiger partial charge on any atom is 0.253 e. The van der Waals surface area contributed by atoms with E-state index >= 15 is 0 Å². The number of nitrogens with one attached hydrogen (secondary N) is 2. The van der Waals surface area contributed by atoms with Gasteiger partial charge < -0.3 is 15.4 Å². The van der Waals surface area contributed by atoms with Gasteiger partial charge in [0, 0.05) is 0 Å². The molecule has 0 radical (unpaired) electrons. The van der Waals surface area contributed by atoms with Gasteiger partial charge in [0.05, 0.1) is 17.1 Å². The Balaban J connectivity index is 1.81. The van der Waals surface area contributed by atoms with Gasteiger partial charge in [0.15, 0.2) is 0 Å². The SMILES string of the molecule is CC(NC(=O)c1ccccc1Cl)C(=O)NCCOc1ccccc1C(C)(C)C. The van der Waals surface area contributed by atoms with E-state index in [4.69, 9.17) is 16.3 Å². The molecule has 0 aliphatic rings. The van der Waals surface area contributed by atoms with Gasteiger partial charge in [-0.2, -0.15) is 0 Å². The van der Waals surface area contributed by atoms with Gasteiger partial charge in [-0.25, -0.2) is 0 Å². The standard InChI is InChI=1S/C22H27ClN2O3/c1-15(25-21(27)16-9-5-7-11-18(16)23)20(26)24-13-14-28-19-12-8-6-10-17(19)22(2,3)4/h5-12,15H,13-14H2,1-4H3,(H,24,26)(H,25,27). The molecule has 0 saturated heterocycles. The molecule has 0 saturated carbocycles. The summed E-state index contributed by atoms with van der Waals surface area (Å²) in [5.41, 5.74) is 1.42. The molecule has 0 heterocycles. The number of ether oxygens (including phenoxy) is 1. The van der Waals surface area contributed by atoms with Crippen LogP contribution in [0.1, 0.15) is 43.6 Å². The summed E-state index contributed by atoms with van der Waals surface area (Å²) in [6, 6.07) is 13.9. The molecule has 0 aliphatic carbocycles. The molecule has 6 heteroatoms. The molecule has 0 fully saturated rings. The third-order valence-corrected chi connectivity index (χ3v) is 4.54. The number of benzene rings is 2. The van der Waals surface area contributed by atoms with Crippen LogP contribution in [0.25, 0.3) is 0 Å². The molecule has 1 unspecified atom stereocenters. The zero-order valence-corrected chi connectivity index (χ0v) is 17.5. The van der Waals surface area contributed by atoms with E-state index in [0.717, 1.165) is 11.3 Å². The molecule has 150 valence electrons. The maximum absolute atomic E-state index is 12.2. The lowest BCUT2D eigenvalue weighted by Gasteiger charge is -2.22. The van der Waals surface area contributed by atoms with Crippen molar-refractivity contribution in [2.75, 3.05) is 13.2 Å². The van der Waals surface area contributed by atoms with E-state index in [2.05, 4.69) is 31.4 Å². The van der Waals surface area contributed by atoms with Crippen LogP contribution in [0.15, 0.2) is 48.5 Å². The second-order valence-electron chi connectivity index (χ2n) is 7.56. The fourth-order valence-corrected chi connectivity index (χ4v) is 2.91. The van der Waals surface area contributed by atoms with Crippen LogP contribution in [0.3, 0.4) is 0 Å². The van der Waals surface area contributed by atoms with Crippen LogP contribution in [0.4, 0.5) is 0 Å². The number of hydrogen-bond acceptors (Lipinski definition) is 3. The van der Waals surface area contributed by atoms with Gasteiger partial charge >= 0.3 is 0 Å². The van der Waals surface area contributed by atoms with Crippen molar-refractivity contribution in [2.45, 2.75) is 39.2 Å². The fourth-order valence-electron chi connectivity index (χ4n) is 2.69. The zero-order chi connectivity index (χ0) is 20.7. The van der Waals surface area contributed by atoms with E-state index in [9.17, 15) is 9.59 Å². The Morgan fingerprint density at radius 1 is 1.07 bits per heavy atom. The molecule has 5 nitrogen and oxygen atoms in total. The fraction of sp³-hybridized carbons (Fsp3) is 0.364. The molecule has 2 aromatic rings. The highest BCUT2D eigenvalue weighted by atomic mass is 35.5. The van der Waals surface area contributed by atoms with Crippen LogP contribution in [0.5, 0.6) is 5.75 Å². The Kier molecular flexibility index (Phi) is 7.46. The van der Waals surface area contributed by atoms with Crippen molar-refractivity contribution in [1.29, 1.82) is 0 Å². The first-order valence-corrected chi connectivity index (χ1v) is 9.63. The Bertz CT molecular complexity index is 831. The molecule has 2 N–H and O–H groups in total. The van der Waals surface area contributed by atoms with Gasteiger partial charge in [-0.1, -0.05) is 62.7 Å². The van der Waals surface area contributed by atoms with Gasteiger partial charge in [0.2, 0.25) is 5.91 Å². The lowest BCUT2D eigenvalue weighted by Crippen LogP contribution is -2.45. The maximum atomic E-state index is 12.2. The van der Waals surface area contributed by atoms with Crippen LogP contribution in [-0.2, 0) is 10.2 Å². The van der Waals surface area contributed by atoms with Crippen LogP contribution in [0, 0.1) is 0 Å². The van der Waals surface area contributed by atoms with Crippen molar-refractivity contribution < 1.29 is 14.3 Å². The number of halogens is 1. The third kappa shape index (κ3) is 5.99. The summed E-state index contributed by atoms with van der Waals surface area (Å²) >= 11 is 6.01. The third-order valence-electron chi connectivity index (χ3n) is 4.21. The topological polar surface area (TPSA) is 67.4 Å². The van der Waals surface area contributed by atoms with E-state index < -0.39 is 6.04 Å². The van der Waals surface area contributed by atoms with Crippen LogP contribution in [0.2, 0.25) is 5.02 Å². The Morgan fingerprint density at radius 3 is 2.39 bits per heavy atom. The van der Waals surface area contributed by atoms with Crippen molar-refractivity contribution >= 4 is 23.4 Å². The van der Waals surface area contributed by atoms with Crippen LogP contribution < -0.4 is 15.4 Å². The average Bonchev–Trinajstić information content (AvgIpc) is 2.64. The zero-order valence-electron chi connectivity index (χ0n) is 16.7. The van der Waals surface area contributed by atoms with E-state index in [1.165, 1.54) is 0 Å². The van der Waals surface area contributed by atoms with E-state index in [-0.39, 0.29) is 17.2 Å². The van der Waals surface area contributed by atoms with Crippen molar-refractivity contribution in [3.8, 4) is 5.75 Å². The van der Waals surface area contributed by atoms with Crippen molar-refractivity contribution in [1.82, 2.24) is 10.6 Å². The molecule has 2 amide bonds. The minimum Gasteiger partial charge on any atom is -0.491 e. The summed E-state index contributed by atoms with van der Waals surface area (Å²) in [6.07, 6.45) is 0. The second kappa shape index (κ2) is 9.60. The first kappa shape index (κ1) is 21.8. The Hall–Kier alpha value is -2.53. The molecule has 0 aliphatic heterocycles. The van der Waals surface area contributed by atoms with Crippen molar-refractivity contribution in [3.05, 3.63) is 64.7 Å². The Morgan fingerprint density at radius 2 is 1.71 bits per heavy atom. The summed E-state index contributed by atoms with van der Waals surface area (Å²) in [7, 11) is 0. The lowest BCUT2D eigenvalue weighted by molar-refractivity contribution is -0.122. The summed E-state index contributed by atoms with van der Waals surface area (Å²) in [5, 5.41) is 5.76. The molecular formula is C22H27ClN2O3. The second-order valence-corrected chi connectivity index (χ2v) is 7.97. The largest absolute Gasteiger partial charge is 0.491 e. The van der Waals surface area contributed by atoms with Gasteiger partial charge in [0.1, 0.15) is 18.4 Å². The lowest BCUT2D eigenvalue weighted by atomic mass is 9.86. The van der Waals surface area contributed by atoms with Crippen molar-refractivity contribution in [3.63, 3.8) is 0 Å². The van der Waals surface area contributed by atoms with E-state index in [0.29, 0.717) is 23.7 Å². The average molecular weight is 403 g/mol. The summed E-state index contributed by atoms with van der Waals surface area (Å²) in [4.78, 5) is 24.4. The number of para-hydroxylation sites is 1. The highest BCUT2D eigenvalue weighted by Gasteiger charge is 2.19. The van der Waals surface area contributed by atoms with E-state index in [1.54, 1.807) is 31.2 Å². The molecule has 0 bridgehead atoms. The molecule has 0 spiro atoms. The molecule has 1 atom stereocenters. The Labute approximate surface area is 171 Å². The quantitative estimate of drug-likeness (QED) is 0.689. The van der Waals surface area contributed by atoms with Crippen LogP contribution in [-0.4, -0.2) is 31.0 Å². The first-order valence-electron chi connectivity index (χ1n) is 9.25. The summed E-state index contributed by atoms with van der Waals surface area (Å²) < 4.78 is 5.84. The van der Waals surface area contributed by atoms with Gasteiger partial charge in [0.25, 0.3) is 5.91 Å². The number of hydrogen-bond donors (Lipinski definition) is 2. The number of carbonyl (C=O) groups excluding carboxylic acids is 2. The normalized spacial score (nSPS) is 12.2. The molecular weight excluding hydrogens is 376 g/mol. The molecule has 2 rings (SSSR count). The highest BCUT2D eigenvalue weighted by molar-refractivity contribution is 6.33. The first-order chi connectivity index (χ1) is 13.2. The van der Waals surface area contributed by atoms with E-state index in [1.807, 2.05) is 24.3 Å². The smallest absolute Gasteiger partial charge is 0.253 e. The number of rotatable bonds is 7. The highest BCUT2D eigenvalue weighted by Crippen LogP contribution is 2.30. The van der Waals surface area contributed by atoms with Gasteiger partial charge in [-0.15, -0.1) is 0 Å². The van der Waals surface area contributed by atoms with Crippen molar-refractivity contribution in [2.24, 2.45) is 0 Å². The minimum absolute atomic E-state index is 0.0304. The van der Waals surface area contributed by atoms with Crippen LogP contribution >= 0.6 is 11.6 Å². The summed E-state index contributed by atoms with van der Waals surface area (Å²) in [6.45, 7) is 8.68. The predicted molar refractivity (Wildman–Crippen MR) is 112 cm³/mol. The minimum atomic E-state index is -0.689. The molecule has 2 aromatic carbocycles. The molecule has 0 aromatic heterocycles. The predicted octanol–water partition coefficient (Wildman–Crippen LogP) is 3.95. The van der Waals surface area contributed by atoms with Gasteiger partial charge in [-0.05, 0) is 36.1 Å². The van der Waals surface area contributed by atoms with Gasteiger partial charge in [-0.3, -0.25) is 9.59 Å². The number of carbonyl (C=O) groups is 2. The monoisotopic (exact) mass is 402 g/mol. The number of amides is 2.